The molecule has 6 heteroatoms. The van der Waals surface area contributed by atoms with Crippen molar-refractivity contribution >= 4 is 22.6 Å². The maximum Gasteiger partial charge on any atom is 0.256 e. The second kappa shape index (κ2) is 7.08. The number of ether oxygens (including phenoxy) is 2. The molecule has 0 aliphatic carbocycles. The number of fused-ring (bicyclic) bond motifs is 2. The third-order valence-electron chi connectivity index (χ3n) is 5.24. The average molecular weight is 398 g/mol. The quantitative estimate of drug-likeness (QED) is 0.562. The van der Waals surface area contributed by atoms with Crippen LogP contribution >= 0.6 is 0 Å². The largest absolute Gasteiger partial charge is 0.454 e. The Labute approximate surface area is 172 Å². The number of pyridine rings is 1. The van der Waals surface area contributed by atoms with E-state index >= 15 is 0 Å². The van der Waals surface area contributed by atoms with Gasteiger partial charge in [0.15, 0.2) is 16.9 Å². The number of para-hydroxylation sites is 1. The molecular formula is C24H18N2O4. The molecular weight excluding hydrogens is 380 g/mol. The monoisotopic (exact) mass is 398 g/mol. The van der Waals surface area contributed by atoms with E-state index in [1.807, 2.05) is 35.9 Å². The Morgan fingerprint density at radius 3 is 2.50 bits per heavy atom. The molecule has 30 heavy (non-hydrogen) atoms. The molecule has 0 spiro atoms. The smallest absolute Gasteiger partial charge is 0.256 e. The predicted molar refractivity (Wildman–Crippen MR) is 115 cm³/mol. The zero-order valence-electron chi connectivity index (χ0n) is 16.2. The minimum Gasteiger partial charge on any atom is -0.454 e. The molecule has 0 unspecified atom stereocenters. The van der Waals surface area contributed by atoms with Crippen LogP contribution in [0, 0.1) is 0 Å². The van der Waals surface area contributed by atoms with Gasteiger partial charge in [0.05, 0.1) is 11.1 Å². The fourth-order valence-corrected chi connectivity index (χ4v) is 3.72. The maximum atomic E-state index is 13.5. The number of rotatable bonds is 3. The van der Waals surface area contributed by atoms with Crippen molar-refractivity contribution in [1.29, 1.82) is 0 Å². The Balaban J connectivity index is 1.74. The highest BCUT2D eigenvalue weighted by molar-refractivity contribution is 6.06. The highest BCUT2D eigenvalue weighted by Gasteiger charge is 2.22. The molecule has 1 N–H and O–H groups in total. The Hall–Kier alpha value is -4.06. The van der Waals surface area contributed by atoms with Crippen LogP contribution in [0.3, 0.4) is 0 Å². The third-order valence-corrected chi connectivity index (χ3v) is 5.24. The summed E-state index contributed by atoms with van der Waals surface area (Å²) in [6.45, 7) is 0.145. The number of hydrogen-bond acceptors (Lipinski definition) is 4. The molecule has 1 amide bonds. The number of hydrogen-bond donors (Lipinski definition) is 1. The van der Waals surface area contributed by atoms with E-state index in [2.05, 4.69) is 5.32 Å². The number of benzene rings is 3. The standard InChI is InChI=1S/C24H18N2O4/c1-26-18-10-6-5-9-17(18)22(27)21(16-11-12-19-20(13-16)30-14-29-19)23(26)25-24(28)15-7-3-2-4-8-15/h2-13H,14H2,1H3,(H,25,28). The van der Waals surface area contributed by atoms with Gasteiger partial charge in [-0.25, -0.2) is 0 Å². The summed E-state index contributed by atoms with van der Waals surface area (Å²) in [5, 5.41) is 3.52. The van der Waals surface area contributed by atoms with Gasteiger partial charge in [-0.05, 0) is 42.0 Å². The predicted octanol–water partition coefficient (Wildman–Crippen LogP) is 4.19. The summed E-state index contributed by atoms with van der Waals surface area (Å²) in [5.74, 6) is 1.34. The molecule has 0 atom stereocenters. The number of nitrogens with one attached hydrogen (secondary N) is 1. The van der Waals surface area contributed by atoms with Crippen molar-refractivity contribution in [1.82, 2.24) is 4.57 Å². The molecule has 3 aromatic carbocycles. The van der Waals surface area contributed by atoms with Gasteiger partial charge < -0.3 is 19.4 Å². The van der Waals surface area contributed by atoms with E-state index in [-0.39, 0.29) is 18.1 Å². The lowest BCUT2D eigenvalue weighted by Crippen LogP contribution is -2.21. The van der Waals surface area contributed by atoms with E-state index in [1.54, 1.807) is 48.5 Å². The molecule has 5 rings (SSSR count). The molecule has 4 aromatic rings. The number of aryl methyl sites for hydroxylation is 1. The Kier molecular flexibility index (Phi) is 4.25. The lowest BCUT2D eigenvalue weighted by Gasteiger charge is -2.18. The van der Waals surface area contributed by atoms with Gasteiger partial charge in [0, 0.05) is 18.0 Å². The van der Waals surface area contributed by atoms with Crippen LogP contribution in [-0.2, 0) is 7.05 Å². The minimum atomic E-state index is -0.289. The zero-order valence-corrected chi connectivity index (χ0v) is 16.2. The summed E-state index contributed by atoms with van der Waals surface area (Å²) in [7, 11) is 1.83. The van der Waals surface area contributed by atoms with E-state index in [9.17, 15) is 9.59 Å². The van der Waals surface area contributed by atoms with Crippen molar-refractivity contribution in [3.63, 3.8) is 0 Å². The van der Waals surface area contributed by atoms with Crippen LogP contribution in [0.15, 0.2) is 77.6 Å². The second-order valence-electron chi connectivity index (χ2n) is 7.02. The zero-order chi connectivity index (χ0) is 20.7. The number of carbonyl (C=O) groups excluding carboxylic acids is 1. The molecule has 1 aliphatic rings. The fraction of sp³-hybridized carbons (Fsp3) is 0.0833. The Bertz CT molecular complexity index is 1340. The number of carbonyl (C=O) groups is 1. The first-order valence-electron chi connectivity index (χ1n) is 9.51. The summed E-state index contributed by atoms with van der Waals surface area (Å²) in [6, 6.07) is 21.6. The molecule has 0 saturated heterocycles. The van der Waals surface area contributed by atoms with Gasteiger partial charge in [0.2, 0.25) is 6.79 Å². The fourth-order valence-electron chi connectivity index (χ4n) is 3.72. The van der Waals surface area contributed by atoms with Crippen molar-refractivity contribution in [2.75, 3.05) is 12.1 Å². The van der Waals surface area contributed by atoms with Crippen molar-refractivity contribution in [2.24, 2.45) is 7.05 Å². The molecule has 1 aliphatic heterocycles. The van der Waals surface area contributed by atoms with Gasteiger partial charge in [-0.1, -0.05) is 36.4 Å². The summed E-state index contributed by atoms with van der Waals surface area (Å²) < 4.78 is 12.7. The number of amides is 1. The van der Waals surface area contributed by atoms with E-state index < -0.39 is 0 Å². The lowest BCUT2D eigenvalue weighted by atomic mass is 10.0. The molecule has 1 aromatic heterocycles. The van der Waals surface area contributed by atoms with Crippen LogP contribution in [0.2, 0.25) is 0 Å². The number of aromatic nitrogens is 1. The summed E-state index contributed by atoms with van der Waals surface area (Å²) >= 11 is 0. The second-order valence-corrected chi connectivity index (χ2v) is 7.02. The van der Waals surface area contributed by atoms with Crippen LogP contribution in [0.5, 0.6) is 11.5 Å². The Morgan fingerprint density at radius 2 is 1.67 bits per heavy atom. The topological polar surface area (TPSA) is 69.6 Å². The number of nitrogens with zero attached hydrogens (tertiary/aromatic N) is 1. The summed E-state index contributed by atoms with van der Waals surface area (Å²) in [6.07, 6.45) is 0. The molecule has 0 saturated carbocycles. The van der Waals surface area contributed by atoms with E-state index in [0.717, 1.165) is 5.52 Å². The van der Waals surface area contributed by atoms with Crippen LogP contribution in [0.25, 0.3) is 22.0 Å². The van der Waals surface area contributed by atoms with E-state index in [4.69, 9.17) is 9.47 Å². The molecule has 0 radical (unpaired) electrons. The Morgan fingerprint density at radius 1 is 0.933 bits per heavy atom. The highest BCUT2D eigenvalue weighted by atomic mass is 16.7. The van der Waals surface area contributed by atoms with Gasteiger partial charge >= 0.3 is 0 Å². The SMILES string of the molecule is Cn1c(NC(=O)c2ccccc2)c(-c2ccc3c(c2)OCO3)c(=O)c2ccccc21. The van der Waals surface area contributed by atoms with Crippen molar-refractivity contribution in [3.05, 3.63) is 88.6 Å². The molecule has 6 nitrogen and oxygen atoms in total. The summed E-state index contributed by atoms with van der Waals surface area (Å²) in [5.41, 5.74) is 2.13. The van der Waals surface area contributed by atoms with Gasteiger partial charge in [0.25, 0.3) is 5.91 Å². The van der Waals surface area contributed by atoms with Crippen LogP contribution in [0.1, 0.15) is 10.4 Å². The van der Waals surface area contributed by atoms with Gasteiger partial charge in [-0.15, -0.1) is 0 Å². The van der Waals surface area contributed by atoms with Crippen molar-refractivity contribution in [2.45, 2.75) is 0 Å². The first-order valence-corrected chi connectivity index (χ1v) is 9.51. The van der Waals surface area contributed by atoms with Crippen LogP contribution in [0.4, 0.5) is 5.82 Å². The first kappa shape index (κ1) is 18.0. The van der Waals surface area contributed by atoms with E-state index in [1.165, 1.54) is 0 Å². The molecule has 2 heterocycles. The molecule has 148 valence electrons. The van der Waals surface area contributed by atoms with E-state index in [0.29, 0.717) is 39.4 Å². The normalized spacial score (nSPS) is 12.2. The van der Waals surface area contributed by atoms with Crippen molar-refractivity contribution in [3.8, 4) is 22.6 Å². The van der Waals surface area contributed by atoms with Gasteiger partial charge in [0.1, 0.15) is 5.82 Å². The highest BCUT2D eigenvalue weighted by Crippen LogP contribution is 2.37. The molecule has 0 bridgehead atoms. The average Bonchev–Trinajstić information content (AvgIpc) is 3.26. The van der Waals surface area contributed by atoms with Crippen molar-refractivity contribution < 1.29 is 14.3 Å². The maximum absolute atomic E-state index is 13.5. The molecule has 0 fully saturated rings. The van der Waals surface area contributed by atoms with Crippen LogP contribution in [-0.4, -0.2) is 17.3 Å². The summed E-state index contributed by atoms with van der Waals surface area (Å²) in [4.78, 5) is 26.4. The third kappa shape index (κ3) is 2.90. The first-order chi connectivity index (χ1) is 14.6. The van der Waals surface area contributed by atoms with Crippen LogP contribution < -0.4 is 20.2 Å². The lowest BCUT2D eigenvalue weighted by molar-refractivity contribution is 0.102. The van der Waals surface area contributed by atoms with Gasteiger partial charge in [-0.2, -0.15) is 0 Å². The van der Waals surface area contributed by atoms with Gasteiger partial charge in [-0.3, -0.25) is 9.59 Å². The number of anilines is 1. The minimum absolute atomic E-state index is 0.145.